The lowest BCUT2D eigenvalue weighted by Gasteiger charge is -2.47. The molecule has 3 unspecified atom stereocenters. The standard InChI is InChI=1S/C14H27NO2S.H2/c1-6-18(5,14(2,3)4)17-12-9-11(10-7-8-10)15-13(12)16;/h10-12H,6-9H2,1-5H3,(H,15,16);1H. The lowest BCUT2D eigenvalue weighted by atomic mass is 10.1. The fourth-order valence-electron chi connectivity index (χ4n) is 2.47. The largest absolute Gasteiger partial charge is 0.351 e. The first-order valence-electron chi connectivity index (χ1n) is 7.01. The summed E-state index contributed by atoms with van der Waals surface area (Å²) in [4.78, 5) is 12.0. The summed E-state index contributed by atoms with van der Waals surface area (Å²) in [5.41, 5.74) is 0. The van der Waals surface area contributed by atoms with Gasteiger partial charge in [0.2, 0.25) is 0 Å². The van der Waals surface area contributed by atoms with Crippen molar-refractivity contribution in [1.29, 1.82) is 0 Å². The minimum Gasteiger partial charge on any atom is -0.351 e. The van der Waals surface area contributed by atoms with E-state index in [2.05, 4.69) is 39.3 Å². The summed E-state index contributed by atoms with van der Waals surface area (Å²) in [5.74, 6) is 1.84. The van der Waals surface area contributed by atoms with E-state index < -0.39 is 10.3 Å². The highest BCUT2D eigenvalue weighted by Gasteiger charge is 2.44. The Kier molecular flexibility index (Phi) is 3.72. The van der Waals surface area contributed by atoms with Gasteiger partial charge < -0.3 is 9.50 Å². The van der Waals surface area contributed by atoms with Crippen LogP contribution >= 0.6 is 10.3 Å². The Labute approximate surface area is 114 Å². The molecule has 18 heavy (non-hydrogen) atoms. The van der Waals surface area contributed by atoms with Crippen molar-refractivity contribution in [2.75, 3.05) is 12.0 Å². The van der Waals surface area contributed by atoms with Crippen molar-refractivity contribution < 1.29 is 10.4 Å². The Bertz CT molecular complexity index is 341. The molecule has 3 atom stereocenters. The Balaban J connectivity index is 0.00000180. The normalized spacial score (nSPS) is 33.9. The predicted octanol–water partition coefficient (Wildman–Crippen LogP) is 3.08. The predicted molar refractivity (Wildman–Crippen MR) is 80.1 cm³/mol. The van der Waals surface area contributed by atoms with Gasteiger partial charge in [0.05, 0.1) is 0 Å². The van der Waals surface area contributed by atoms with Crippen LogP contribution in [-0.4, -0.2) is 34.8 Å². The molecule has 1 heterocycles. The molecule has 0 aromatic carbocycles. The Morgan fingerprint density at radius 2 is 2.06 bits per heavy atom. The number of hydrogen-bond acceptors (Lipinski definition) is 2. The van der Waals surface area contributed by atoms with Crippen molar-refractivity contribution in [2.24, 2.45) is 5.92 Å². The van der Waals surface area contributed by atoms with Crippen LogP contribution in [-0.2, 0) is 8.98 Å². The number of carbonyl (C=O) groups is 1. The molecule has 1 N–H and O–H groups in total. The van der Waals surface area contributed by atoms with Crippen LogP contribution in [0.4, 0.5) is 0 Å². The van der Waals surface area contributed by atoms with Gasteiger partial charge in [-0.25, -0.2) is 0 Å². The first-order valence-corrected chi connectivity index (χ1v) is 9.14. The van der Waals surface area contributed by atoms with Crippen LogP contribution in [0.1, 0.15) is 48.4 Å². The highest BCUT2D eigenvalue weighted by atomic mass is 32.3. The second kappa shape index (κ2) is 4.71. The van der Waals surface area contributed by atoms with Crippen molar-refractivity contribution in [2.45, 2.75) is 63.9 Å². The molecule has 0 spiro atoms. The van der Waals surface area contributed by atoms with Gasteiger partial charge in [-0.2, -0.15) is 0 Å². The summed E-state index contributed by atoms with van der Waals surface area (Å²) in [5, 5.41) is 3.11. The number of amides is 1. The maximum atomic E-state index is 12.0. The van der Waals surface area contributed by atoms with E-state index in [9.17, 15) is 4.79 Å². The minimum atomic E-state index is -1.20. The Morgan fingerprint density at radius 1 is 1.44 bits per heavy atom. The van der Waals surface area contributed by atoms with Gasteiger partial charge in [-0.05, 0) is 30.8 Å². The lowest BCUT2D eigenvalue weighted by Crippen LogP contribution is -2.34. The number of nitrogens with one attached hydrogen (secondary N) is 1. The molecule has 1 aliphatic heterocycles. The van der Waals surface area contributed by atoms with E-state index in [-0.39, 0.29) is 18.2 Å². The van der Waals surface area contributed by atoms with E-state index in [1.54, 1.807) is 0 Å². The quantitative estimate of drug-likeness (QED) is 0.856. The van der Waals surface area contributed by atoms with Crippen LogP contribution in [0.5, 0.6) is 0 Å². The molecule has 2 aliphatic rings. The Morgan fingerprint density at radius 3 is 2.50 bits per heavy atom. The molecule has 2 fully saturated rings. The van der Waals surface area contributed by atoms with Crippen LogP contribution in [0.2, 0.25) is 0 Å². The smallest absolute Gasteiger partial charge is 0.250 e. The number of rotatable bonds is 4. The molecule has 0 bridgehead atoms. The molecule has 1 saturated heterocycles. The zero-order valence-electron chi connectivity index (χ0n) is 12.3. The maximum absolute atomic E-state index is 12.0. The van der Waals surface area contributed by atoms with Crippen molar-refractivity contribution >= 4 is 16.2 Å². The molecule has 0 aromatic heterocycles. The lowest BCUT2D eigenvalue weighted by molar-refractivity contribution is -0.124. The second-order valence-corrected chi connectivity index (χ2v) is 10.7. The van der Waals surface area contributed by atoms with Crippen LogP contribution in [0.3, 0.4) is 0 Å². The van der Waals surface area contributed by atoms with Crippen molar-refractivity contribution in [3.63, 3.8) is 0 Å². The highest BCUT2D eigenvalue weighted by molar-refractivity contribution is 8.30. The SMILES string of the molecule is CCS(C)(OC1CC(C2CC2)NC1=O)C(C)(C)C.[HH]. The summed E-state index contributed by atoms with van der Waals surface area (Å²) < 4.78 is 6.43. The van der Waals surface area contributed by atoms with E-state index in [4.69, 9.17) is 4.18 Å². The molecule has 2 rings (SSSR count). The van der Waals surface area contributed by atoms with Crippen LogP contribution in [0.15, 0.2) is 0 Å². The molecular formula is C14H29NO2S. The fraction of sp³-hybridized carbons (Fsp3) is 0.929. The van der Waals surface area contributed by atoms with Gasteiger partial charge in [0.1, 0.15) is 0 Å². The van der Waals surface area contributed by atoms with Crippen LogP contribution in [0.25, 0.3) is 0 Å². The third-order valence-electron chi connectivity index (χ3n) is 4.45. The van der Waals surface area contributed by atoms with Crippen LogP contribution in [0, 0.1) is 5.92 Å². The third-order valence-corrected chi connectivity index (χ3v) is 8.80. The van der Waals surface area contributed by atoms with Crippen molar-refractivity contribution in [3.05, 3.63) is 0 Å². The van der Waals surface area contributed by atoms with Gasteiger partial charge in [0, 0.05) is 18.6 Å². The van der Waals surface area contributed by atoms with Gasteiger partial charge in [0.15, 0.2) is 6.10 Å². The maximum Gasteiger partial charge on any atom is 0.250 e. The zero-order valence-corrected chi connectivity index (χ0v) is 13.1. The molecule has 0 radical (unpaired) electrons. The van der Waals surface area contributed by atoms with Crippen molar-refractivity contribution in [1.82, 2.24) is 5.32 Å². The zero-order chi connectivity index (χ0) is 13.6. The first kappa shape index (κ1) is 14.2. The summed E-state index contributed by atoms with van der Waals surface area (Å²) in [6.07, 6.45) is 5.42. The average molecular weight is 275 g/mol. The molecule has 3 nitrogen and oxygen atoms in total. The molecular weight excluding hydrogens is 246 g/mol. The fourth-order valence-corrected chi connectivity index (χ4v) is 4.44. The summed E-state index contributed by atoms with van der Waals surface area (Å²) in [6.45, 7) is 8.83. The van der Waals surface area contributed by atoms with Gasteiger partial charge in [-0.1, -0.05) is 27.7 Å². The number of carbonyl (C=O) groups excluding carboxylic acids is 1. The average Bonchev–Trinajstić information content (AvgIpc) is 3.04. The Hall–Kier alpha value is -0.220. The van der Waals surface area contributed by atoms with Crippen LogP contribution < -0.4 is 5.32 Å². The topological polar surface area (TPSA) is 38.3 Å². The van der Waals surface area contributed by atoms with Gasteiger partial charge in [0.25, 0.3) is 5.91 Å². The summed E-state index contributed by atoms with van der Waals surface area (Å²) in [6, 6.07) is 0.378. The molecule has 4 heteroatoms. The van der Waals surface area contributed by atoms with Gasteiger partial charge in [-0.15, -0.1) is 10.3 Å². The molecule has 108 valence electrons. The van der Waals surface area contributed by atoms with E-state index in [1.807, 2.05) is 0 Å². The molecule has 1 amide bonds. The monoisotopic (exact) mass is 275 g/mol. The van der Waals surface area contributed by atoms with E-state index in [1.165, 1.54) is 12.8 Å². The van der Waals surface area contributed by atoms with Gasteiger partial charge in [-0.3, -0.25) is 4.79 Å². The van der Waals surface area contributed by atoms with Crippen molar-refractivity contribution in [3.8, 4) is 0 Å². The number of hydrogen-bond donors (Lipinski definition) is 1. The second-order valence-electron chi connectivity index (χ2n) is 6.68. The first-order chi connectivity index (χ1) is 8.27. The third kappa shape index (κ3) is 2.69. The highest BCUT2D eigenvalue weighted by Crippen LogP contribution is 2.58. The van der Waals surface area contributed by atoms with E-state index in [0.717, 1.165) is 18.1 Å². The molecule has 1 saturated carbocycles. The minimum absolute atomic E-state index is 0. The van der Waals surface area contributed by atoms with E-state index in [0.29, 0.717) is 6.04 Å². The van der Waals surface area contributed by atoms with E-state index >= 15 is 0 Å². The van der Waals surface area contributed by atoms with Gasteiger partial charge >= 0.3 is 0 Å². The molecule has 1 aliphatic carbocycles. The summed E-state index contributed by atoms with van der Waals surface area (Å²) in [7, 11) is -1.20. The summed E-state index contributed by atoms with van der Waals surface area (Å²) >= 11 is 0. The molecule has 0 aromatic rings.